The first-order chi connectivity index (χ1) is 5.24. The second kappa shape index (κ2) is 4.09. The summed E-state index contributed by atoms with van der Waals surface area (Å²) in [7, 11) is -0.574. The summed E-state index contributed by atoms with van der Waals surface area (Å²) < 4.78 is 24.7. The Kier molecular flexibility index (Phi) is 3.36. The molecule has 64 valence electrons. The number of rotatable bonds is 2. The number of aliphatic hydroxyl groups is 1. The van der Waals surface area contributed by atoms with E-state index in [0.717, 1.165) is 0 Å². The molecule has 6 heteroatoms. The highest BCUT2D eigenvalue weighted by Crippen LogP contribution is 2.32. The van der Waals surface area contributed by atoms with E-state index in [0.29, 0.717) is 0 Å². The van der Waals surface area contributed by atoms with E-state index < -0.39 is 20.5 Å². The van der Waals surface area contributed by atoms with Gasteiger partial charge in [-0.3, -0.25) is 0 Å². The van der Waals surface area contributed by atoms with Crippen LogP contribution in [0.25, 0.3) is 0 Å². The smallest absolute Gasteiger partial charge is 0.387 e. The molecule has 3 atom stereocenters. The molecule has 0 aliphatic carbocycles. The lowest BCUT2D eigenvalue weighted by Gasteiger charge is -2.17. The normalized spacial score (nSPS) is 35.6. The molecule has 0 spiro atoms. The average molecular weight is 181 g/mol. The van der Waals surface area contributed by atoms with E-state index in [9.17, 15) is 4.57 Å². The fraction of sp³-hybridized carbons (Fsp3) is 1.00. The van der Waals surface area contributed by atoms with Crippen LogP contribution in [0.1, 0.15) is 0 Å². The van der Waals surface area contributed by atoms with Crippen LogP contribution >= 0.6 is 8.25 Å². The predicted molar refractivity (Wildman–Crippen MR) is 36.3 cm³/mol. The van der Waals surface area contributed by atoms with Crippen molar-refractivity contribution in [2.45, 2.75) is 12.2 Å². The van der Waals surface area contributed by atoms with Crippen LogP contribution in [0.5, 0.6) is 0 Å². The first kappa shape index (κ1) is 9.03. The van der Waals surface area contributed by atoms with Gasteiger partial charge >= 0.3 is 8.25 Å². The van der Waals surface area contributed by atoms with Crippen LogP contribution in [0.3, 0.4) is 0 Å². The van der Waals surface area contributed by atoms with Crippen LogP contribution in [0.4, 0.5) is 0 Å². The Balaban J connectivity index is 2.40. The first-order valence-corrected chi connectivity index (χ1v) is 4.27. The Labute approximate surface area is 65.2 Å². The summed E-state index contributed by atoms with van der Waals surface area (Å²) in [6, 6.07) is 0. The van der Waals surface area contributed by atoms with E-state index >= 15 is 0 Å². The van der Waals surface area contributed by atoms with Gasteiger partial charge in [0.1, 0.15) is 12.7 Å². The lowest BCUT2D eigenvalue weighted by Crippen LogP contribution is -2.37. The number of hydrogen-bond donors (Lipinski definition) is 1. The lowest BCUT2D eigenvalue weighted by atomic mass is 10.2. The number of ether oxygens (including phenoxy) is 1. The van der Waals surface area contributed by atoms with Gasteiger partial charge in [0, 0.05) is 11.7 Å². The first-order valence-electron chi connectivity index (χ1n) is 3.18. The fourth-order valence-electron chi connectivity index (χ4n) is 0.762. The molecule has 1 aliphatic heterocycles. The quantitative estimate of drug-likeness (QED) is 0.610. The molecule has 1 aliphatic rings. The van der Waals surface area contributed by atoms with Crippen LogP contribution in [0.15, 0.2) is 0 Å². The Morgan fingerprint density at radius 1 is 1.82 bits per heavy atom. The number of aliphatic hydroxyl groups excluding tert-OH is 1. The summed E-state index contributed by atoms with van der Waals surface area (Å²) in [6.07, 6.45) is -1.28. The molecule has 11 heavy (non-hydrogen) atoms. The minimum atomic E-state index is -2.06. The van der Waals surface area contributed by atoms with Crippen LogP contribution in [0.2, 0.25) is 0 Å². The monoisotopic (exact) mass is 181 g/mol. The van der Waals surface area contributed by atoms with Gasteiger partial charge in [-0.2, -0.15) is 0 Å². The van der Waals surface area contributed by atoms with E-state index in [1.165, 1.54) is 7.11 Å². The van der Waals surface area contributed by atoms with Gasteiger partial charge in [-0.05, 0) is 0 Å². The van der Waals surface area contributed by atoms with Crippen molar-refractivity contribution in [2.75, 3.05) is 20.3 Å². The number of hydrogen-bond acceptors (Lipinski definition) is 5. The Morgan fingerprint density at radius 2 is 2.55 bits per heavy atom. The maximum atomic E-state index is 10.6. The van der Waals surface area contributed by atoms with Gasteiger partial charge in [-0.1, -0.05) is 0 Å². The second-order valence-corrected chi connectivity index (χ2v) is 3.10. The van der Waals surface area contributed by atoms with Gasteiger partial charge in [0.2, 0.25) is 0 Å². The fourth-order valence-corrected chi connectivity index (χ4v) is 1.52. The van der Waals surface area contributed by atoms with Crippen molar-refractivity contribution in [3.05, 3.63) is 0 Å². The molecule has 1 rings (SSSR count). The summed E-state index contributed by atoms with van der Waals surface area (Å²) in [5, 5.41) is 9.16. The maximum absolute atomic E-state index is 10.6. The van der Waals surface area contributed by atoms with Crippen molar-refractivity contribution in [2.24, 2.45) is 0 Å². The van der Waals surface area contributed by atoms with Crippen molar-refractivity contribution in [1.29, 1.82) is 0 Å². The van der Waals surface area contributed by atoms with Gasteiger partial charge in [0.25, 0.3) is 0 Å². The van der Waals surface area contributed by atoms with Crippen molar-refractivity contribution in [3.63, 3.8) is 0 Å². The average Bonchev–Trinajstić information content (AvgIpc) is 1.98. The van der Waals surface area contributed by atoms with Gasteiger partial charge in [0.15, 0.2) is 6.10 Å². The Bertz CT molecular complexity index is 150. The van der Waals surface area contributed by atoms with Crippen LogP contribution in [0, 0.1) is 0 Å². The lowest BCUT2D eigenvalue weighted by molar-refractivity contribution is -0.0599. The van der Waals surface area contributed by atoms with Gasteiger partial charge in [-0.15, -0.1) is 9.05 Å². The molecule has 0 aromatic rings. The molecule has 1 N–H and O–H groups in total. The minimum Gasteiger partial charge on any atom is -0.387 e. The SMILES string of the molecule is COC[C@@H]1O[P+](=O)OC[C@H]1O. The third kappa shape index (κ3) is 2.47. The van der Waals surface area contributed by atoms with Crippen LogP contribution < -0.4 is 0 Å². The van der Waals surface area contributed by atoms with Crippen molar-refractivity contribution < 1.29 is 23.5 Å². The zero-order valence-corrected chi connectivity index (χ0v) is 6.99. The topological polar surface area (TPSA) is 65.0 Å². The highest BCUT2D eigenvalue weighted by molar-refractivity contribution is 7.33. The molecule has 0 saturated carbocycles. The Hall–Kier alpha value is -0.0600. The molecule has 1 unspecified atom stereocenters. The van der Waals surface area contributed by atoms with E-state index in [-0.39, 0.29) is 13.2 Å². The van der Waals surface area contributed by atoms with Crippen molar-refractivity contribution in [3.8, 4) is 0 Å². The summed E-state index contributed by atoms with van der Waals surface area (Å²) in [5.41, 5.74) is 0. The molecule has 0 aromatic carbocycles. The highest BCUT2D eigenvalue weighted by atomic mass is 31.1. The molecular formula is C5H10O5P+. The summed E-state index contributed by atoms with van der Waals surface area (Å²) in [6.45, 7) is 0.273. The molecule has 1 fully saturated rings. The van der Waals surface area contributed by atoms with Crippen molar-refractivity contribution >= 4 is 8.25 Å². The third-order valence-corrected chi connectivity index (χ3v) is 2.14. The highest BCUT2D eigenvalue weighted by Gasteiger charge is 2.39. The van der Waals surface area contributed by atoms with E-state index in [1.54, 1.807) is 0 Å². The van der Waals surface area contributed by atoms with Gasteiger partial charge in [-0.25, -0.2) is 0 Å². The zero-order valence-electron chi connectivity index (χ0n) is 6.10. The molecule has 1 saturated heterocycles. The third-order valence-electron chi connectivity index (χ3n) is 1.33. The van der Waals surface area contributed by atoms with Crippen LogP contribution in [-0.4, -0.2) is 37.6 Å². The molecule has 1 heterocycles. The minimum absolute atomic E-state index is 0.0449. The molecule has 0 aromatic heterocycles. The molecule has 0 bridgehead atoms. The largest absolute Gasteiger partial charge is 0.697 e. The predicted octanol–water partition coefficient (Wildman–Crippen LogP) is 0.0665. The van der Waals surface area contributed by atoms with Gasteiger partial charge in [0.05, 0.1) is 6.61 Å². The molecule has 0 amide bonds. The summed E-state index contributed by atoms with van der Waals surface area (Å²) >= 11 is 0. The Morgan fingerprint density at radius 3 is 3.18 bits per heavy atom. The number of methoxy groups -OCH3 is 1. The van der Waals surface area contributed by atoms with Crippen LogP contribution in [-0.2, 0) is 18.3 Å². The van der Waals surface area contributed by atoms with E-state index in [4.69, 9.17) is 14.4 Å². The molecule has 5 nitrogen and oxygen atoms in total. The zero-order chi connectivity index (χ0) is 8.27. The molecule has 0 radical (unpaired) electrons. The summed E-state index contributed by atoms with van der Waals surface area (Å²) in [4.78, 5) is 0. The summed E-state index contributed by atoms with van der Waals surface area (Å²) in [5.74, 6) is 0. The maximum Gasteiger partial charge on any atom is 0.697 e. The second-order valence-electron chi connectivity index (χ2n) is 2.19. The van der Waals surface area contributed by atoms with E-state index in [1.807, 2.05) is 0 Å². The standard InChI is InChI=1S/C5H10O5P/c1-8-3-5-4(6)2-9-11(7)10-5/h4-6H,2-3H2,1H3/q+1/t4-,5+/m1/s1. The van der Waals surface area contributed by atoms with E-state index in [2.05, 4.69) is 4.52 Å². The van der Waals surface area contributed by atoms with Crippen molar-refractivity contribution in [1.82, 2.24) is 0 Å². The molecular weight excluding hydrogens is 171 g/mol. The van der Waals surface area contributed by atoms with Gasteiger partial charge < -0.3 is 9.84 Å².